The first-order valence-electron chi connectivity index (χ1n) is 6.72. The fourth-order valence-corrected chi connectivity index (χ4v) is 3.45. The van der Waals surface area contributed by atoms with Crippen molar-refractivity contribution in [1.29, 1.82) is 0 Å². The third-order valence-electron chi connectivity index (χ3n) is 3.71. The van der Waals surface area contributed by atoms with E-state index in [1.165, 1.54) is 12.5 Å². The molecule has 1 saturated carbocycles. The van der Waals surface area contributed by atoms with Crippen LogP contribution < -0.4 is 5.32 Å². The van der Waals surface area contributed by atoms with Gasteiger partial charge in [0.15, 0.2) is 0 Å². The van der Waals surface area contributed by atoms with Crippen LogP contribution in [0.4, 0.5) is 4.39 Å². The van der Waals surface area contributed by atoms with E-state index < -0.39 is 5.82 Å². The Kier molecular flexibility index (Phi) is 4.61. The highest BCUT2D eigenvalue weighted by molar-refractivity contribution is 9.10. The van der Waals surface area contributed by atoms with Crippen molar-refractivity contribution in [3.63, 3.8) is 0 Å². The van der Waals surface area contributed by atoms with Crippen LogP contribution in [0.2, 0.25) is 0 Å². The van der Waals surface area contributed by atoms with E-state index in [9.17, 15) is 9.18 Å². The number of benzene rings is 1. The molecule has 0 radical (unpaired) electrons. The van der Waals surface area contributed by atoms with Crippen LogP contribution in [-0.4, -0.2) is 11.9 Å². The summed E-state index contributed by atoms with van der Waals surface area (Å²) in [7, 11) is 0. The fraction of sp³-hybridized carbons (Fsp3) is 0.533. The van der Waals surface area contributed by atoms with Crippen molar-refractivity contribution in [3.8, 4) is 0 Å². The maximum absolute atomic E-state index is 13.4. The first-order valence-corrected chi connectivity index (χ1v) is 7.51. The molecule has 2 unspecified atom stereocenters. The summed E-state index contributed by atoms with van der Waals surface area (Å²) in [5.41, 5.74) is 0.367. The van der Waals surface area contributed by atoms with Crippen molar-refractivity contribution in [3.05, 3.63) is 34.1 Å². The quantitative estimate of drug-likeness (QED) is 0.868. The molecule has 4 heteroatoms. The van der Waals surface area contributed by atoms with Gasteiger partial charge in [0.2, 0.25) is 0 Å². The Morgan fingerprint density at radius 1 is 1.26 bits per heavy atom. The second kappa shape index (κ2) is 6.04. The van der Waals surface area contributed by atoms with Gasteiger partial charge < -0.3 is 5.32 Å². The van der Waals surface area contributed by atoms with Gasteiger partial charge in [0.25, 0.3) is 5.91 Å². The minimum atomic E-state index is -0.405. The predicted molar refractivity (Wildman–Crippen MR) is 77.5 cm³/mol. The number of hydrogen-bond donors (Lipinski definition) is 1. The van der Waals surface area contributed by atoms with E-state index in [-0.39, 0.29) is 16.4 Å². The maximum atomic E-state index is 13.4. The van der Waals surface area contributed by atoms with Crippen molar-refractivity contribution < 1.29 is 9.18 Å². The summed E-state index contributed by atoms with van der Waals surface area (Å²) in [6, 6.07) is 4.73. The standard InChI is InChI=1S/C15H19BrFNO/c1-9-6-10(2)8-11(7-9)18-15(19)12-4-3-5-13(17)14(12)16/h3-5,9-11H,6-8H2,1-2H3,(H,18,19). The van der Waals surface area contributed by atoms with E-state index in [2.05, 4.69) is 35.1 Å². The van der Waals surface area contributed by atoms with Gasteiger partial charge in [0, 0.05) is 6.04 Å². The highest BCUT2D eigenvalue weighted by Gasteiger charge is 2.26. The Balaban J connectivity index is 2.06. The van der Waals surface area contributed by atoms with Crippen molar-refractivity contribution >= 4 is 21.8 Å². The topological polar surface area (TPSA) is 29.1 Å². The maximum Gasteiger partial charge on any atom is 0.252 e. The molecule has 1 aromatic rings. The van der Waals surface area contributed by atoms with Gasteiger partial charge >= 0.3 is 0 Å². The van der Waals surface area contributed by atoms with Crippen LogP contribution in [-0.2, 0) is 0 Å². The van der Waals surface area contributed by atoms with Gasteiger partial charge in [-0.05, 0) is 59.2 Å². The normalized spacial score (nSPS) is 27.1. The Morgan fingerprint density at radius 2 is 1.89 bits per heavy atom. The number of carbonyl (C=O) groups is 1. The van der Waals surface area contributed by atoms with Crippen molar-refractivity contribution in [2.24, 2.45) is 11.8 Å². The molecule has 1 N–H and O–H groups in total. The molecule has 2 rings (SSSR count). The highest BCUT2D eigenvalue weighted by atomic mass is 79.9. The first kappa shape index (κ1) is 14.5. The molecule has 0 aliphatic heterocycles. The third-order valence-corrected chi connectivity index (χ3v) is 4.52. The number of halogens is 2. The van der Waals surface area contributed by atoms with Crippen LogP contribution in [0.1, 0.15) is 43.5 Å². The number of amides is 1. The van der Waals surface area contributed by atoms with Gasteiger partial charge in [-0.1, -0.05) is 19.9 Å². The lowest BCUT2D eigenvalue weighted by molar-refractivity contribution is 0.0910. The van der Waals surface area contributed by atoms with Gasteiger partial charge in [-0.25, -0.2) is 4.39 Å². The summed E-state index contributed by atoms with van der Waals surface area (Å²) in [6.45, 7) is 4.43. The van der Waals surface area contributed by atoms with Gasteiger partial charge in [-0.2, -0.15) is 0 Å². The summed E-state index contributed by atoms with van der Waals surface area (Å²) in [5, 5.41) is 3.03. The van der Waals surface area contributed by atoms with E-state index >= 15 is 0 Å². The number of carbonyl (C=O) groups excluding carboxylic acids is 1. The number of rotatable bonds is 2. The summed E-state index contributed by atoms with van der Waals surface area (Å²) in [4.78, 5) is 12.2. The Hall–Kier alpha value is -0.900. The number of hydrogen-bond acceptors (Lipinski definition) is 1. The molecule has 0 heterocycles. The second-order valence-corrected chi connectivity index (χ2v) is 6.48. The molecule has 1 amide bonds. The molecule has 104 valence electrons. The molecule has 2 nitrogen and oxygen atoms in total. The molecule has 19 heavy (non-hydrogen) atoms. The lowest BCUT2D eigenvalue weighted by Crippen LogP contribution is -2.40. The Morgan fingerprint density at radius 3 is 2.53 bits per heavy atom. The highest BCUT2D eigenvalue weighted by Crippen LogP contribution is 2.29. The Bertz CT molecular complexity index is 467. The third kappa shape index (κ3) is 3.56. The minimum Gasteiger partial charge on any atom is -0.349 e. The molecule has 1 aliphatic rings. The summed E-state index contributed by atoms with van der Waals surface area (Å²) >= 11 is 3.13. The van der Waals surface area contributed by atoms with E-state index in [1.54, 1.807) is 12.1 Å². The average Bonchev–Trinajstić information content (AvgIpc) is 2.31. The van der Waals surface area contributed by atoms with E-state index in [0.717, 1.165) is 12.8 Å². The van der Waals surface area contributed by atoms with Gasteiger partial charge in [0.1, 0.15) is 5.82 Å². The smallest absolute Gasteiger partial charge is 0.252 e. The van der Waals surface area contributed by atoms with Crippen molar-refractivity contribution in [1.82, 2.24) is 5.32 Å². The lowest BCUT2D eigenvalue weighted by atomic mass is 9.80. The zero-order valence-electron chi connectivity index (χ0n) is 11.2. The van der Waals surface area contributed by atoms with Gasteiger partial charge in [0.05, 0.1) is 10.0 Å². The van der Waals surface area contributed by atoms with Crippen LogP contribution in [0.3, 0.4) is 0 Å². The summed E-state index contributed by atoms with van der Waals surface area (Å²) in [6.07, 6.45) is 3.22. The molecular formula is C15H19BrFNO. The van der Waals surface area contributed by atoms with E-state index in [0.29, 0.717) is 17.4 Å². The Labute approximate surface area is 121 Å². The lowest BCUT2D eigenvalue weighted by Gasteiger charge is -2.32. The summed E-state index contributed by atoms with van der Waals surface area (Å²) in [5.74, 6) is 0.658. The SMILES string of the molecule is CC1CC(C)CC(NC(=O)c2cccc(F)c2Br)C1. The molecule has 0 aromatic heterocycles. The second-order valence-electron chi connectivity index (χ2n) is 5.69. The predicted octanol–water partition coefficient (Wildman–Crippen LogP) is 4.14. The van der Waals surface area contributed by atoms with Gasteiger partial charge in [-0.15, -0.1) is 0 Å². The molecule has 0 spiro atoms. The van der Waals surface area contributed by atoms with E-state index in [4.69, 9.17) is 0 Å². The molecule has 2 atom stereocenters. The van der Waals surface area contributed by atoms with Crippen LogP contribution in [0.5, 0.6) is 0 Å². The molecule has 1 aromatic carbocycles. The minimum absolute atomic E-state index is 0.196. The molecular weight excluding hydrogens is 309 g/mol. The van der Waals surface area contributed by atoms with Gasteiger partial charge in [-0.3, -0.25) is 4.79 Å². The first-order chi connectivity index (χ1) is 8.97. The van der Waals surface area contributed by atoms with Crippen LogP contribution >= 0.6 is 15.9 Å². The van der Waals surface area contributed by atoms with Crippen LogP contribution in [0.15, 0.2) is 22.7 Å². The van der Waals surface area contributed by atoms with E-state index in [1.807, 2.05) is 0 Å². The molecule has 0 bridgehead atoms. The molecule has 1 fully saturated rings. The molecule has 1 aliphatic carbocycles. The monoisotopic (exact) mass is 327 g/mol. The molecule has 0 saturated heterocycles. The summed E-state index contributed by atoms with van der Waals surface area (Å²) < 4.78 is 13.7. The zero-order valence-corrected chi connectivity index (χ0v) is 12.8. The van der Waals surface area contributed by atoms with Crippen molar-refractivity contribution in [2.45, 2.75) is 39.2 Å². The largest absolute Gasteiger partial charge is 0.349 e. The number of nitrogens with one attached hydrogen (secondary N) is 1. The average molecular weight is 328 g/mol. The zero-order chi connectivity index (χ0) is 14.0. The van der Waals surface area contributed by atoms with Crippen LogP contribution in [0.25, 0.3) is 0 Å². The van der Waals surface area contributed by atoms with Crippen molar-refractivity contribution in [2.75, 3.05) is 0 Å². The fourth-order valence-electron chi connectivity index (χ4n) is 3.01. The van der Waals surface area contributed by atoms with Crippen LogP contribution in [0, 0.1) is 17.7 Å².